The van der Waals surface area contributed by atoms with Crippen LogP contribution in [0.2, 0.25) is 0 Å². The number of carboxylic acid groups (broad SMARTS) is 1. The van der Waals surface area contributed by atoms with E-state index < -0.39 is 11.9 Å². The maximum absolute atomic E-state index is 11.3. The Hall–Kier alpha value is -2.37. The van der Waals surface area contributed by atoms with E-state index in [4.69, 9.17) is 9.84 Å². The molecule has 0 aromatic heterocycles. The number of rotatable bonds is 5. The SMILES string of the molecule is CC(=NNC(=O)COc1ccc(C)cc1)C(=O)O. The quantitative estimate of drug-likeness (QED) is 0.601. The van der Waals surface area contributed by atoms with Gasteiger partial charge in [0.25, 0.3) is 5.91 Å². The predicted octanol–water partition coefficient (Wildman–Crippen LogP) is 0.951. The van der Waals surface area contributed by atoms with E-state index in [2.05, 4.69) is 10.5 Å². The average molecular weight is 250 g/mol. The van der Waals surface area contributed by atoms with Crippen LogP contribution in [-0.4, -0.2) is 29.3 Å². The second-order valence-electron chi connectivity index (χ2n) is 3.64. The molecule has 1 rings (SSSR count). The van der Waals surface area contributed by atoms with Crippen LogP contribution in [-0.2, 0) is 9.59 Å². The predicted molar refractivity (Wildman–Crippen MR) is 65.6 cm³/mol. The first-order chi connectivity index (χ1) is 8.49. The van der Waals surface area contributed by atoms with Gasteiger partial charge in [-0.25, -0.2) is 10.2 Å². The molecule has 0 aliphatic heterocycles. The molecule has 96 valence electrons. The molecule has 1 aromatic rings. The van der Waals surface area contributed by atoms with Crippen molar-refractivity contribution >= 4 is 17.6 Å². The number of ether oxygens (including phenoxy) is 1. The maximum atomic E-state index is 11.3. The Kier molecular flexibility index (Phi) is 4.86. The molecule has 0 aliphatic carbocycles. The molecule has 2 N–H and O–H groups in total. The summed E-state index contributed by atoms with van der Waals surface area (Å²) in [7, 11) is 0. The molecule has 1 aromatic carbocycles. The van der Waals surface area contributed by atoms with Crippen molar-refractivity contribution in [3.05, 3.63) is 29.8 Å². The third-order valence-electron chi connectivity index (χ3n) is 2.05. The smallest absolute Gasteiger partial charge is 0.351 e. The molecule has 0 saturated heterocycles. The van der Waals surface area contributed by atoms with Gasteiger partial charge in [-0.3, -0.25) is 4.79 Å². The van der Waals surface area contributed by atoms with E-state index in [-0.39, 0.29) is 12.3 Å². The first-order valence-electron chi connectivity index (χ1n) is 5.25. The van der Waals surface area contributed by atoms with Gasteiger partial charge >= 0.3 is 5.97 Å². The Bertz CT molecular complexity index is 465. The molecule has 0 heterocycles. The molecule has 6 nitrogen and oxygen atoms in total. The largest absolute Gasteiger partial charge is 0.484 e. The van der Waals surface area contributed by atoms with Crippen molar-refractivity contribution in [1.29, 1.82) is 0 Å². The number of carbonyl (C=O) groups excluding carboxylic acids is 1. The van der Waals surface area contributed by atoms with Crippen LogP contribution in [0.3, 0.4) is 0 Å². The lowest BCUT2D eigenvalue weighted by atomic mass is 10.2. The topological polar surface area (TPSA) is 88.0 Å². The third-order valence-corrected chi connectivity index (χ3v) is 2.05. The highest BCUT2D eigenvalue weighted by molar-refractivity contribution is 6.34. The van der Waals surface area contributed by atoms with Crippen molar-refractivity contribution < 1.29 is 19.4 Å². The highest BCUT2D eigenvalue weighted by Crippen LogP contribution is 2.10. The van der Waals surface area contributed by atoms with Crippen LogP contribution in [0.4, 0.5) is 0 Å². The summed E-state index contributed by atoms with van der Waals surface area (Å²) in [6.07, 6.45) is 0. The lowest BCUT2D eigenvalue weighted by Gasteiger charge is -2.05. The number of hydrogen-bond donors (Lipinski definition) is 2. The highest BCUT2D eigenvalue weighted by Gasteiger charge is 2.04. The number of nitrogens with zero attached hydrogens (tertiary/aromatic N) is 1. The minimum absolute atomic E-state index is 0.196. The summed E-state index contributed by atoms with van der Waals surface area (Å²) in [5.41, 5.74) is 2.98. The number of amides is 1. The molecule has 0 saturated carbocycles. The van der Waals surface area contributed by atoms with Crippen LogP contribution < -0.4 is 10.2 Å². The molecule has 0 unspecified atom stereocenters. The molecule has 0 radical (unpaired) electrons. The summed E-state index contributed by atoms with van der Waals surface area (Å²) < 4.78 is 5.19. The van der Waals surface area contributed by atoms with Crippen LogP contribution in [0, 0.1) is 6.92 Å². The number of hydrogen-bond acceptors (Lipinski definition) is 4. The Morgan fingerprint density at radius 3 is 2.50 bits per heavy atom. The summed E-state index contributed by atoms with van der Waals surface area (Å²) in [4.78, 5) is 21.7. The van der Waals surface area contributed by atoms with Gasteiger partial charge in [0.15, 0.2) is 6.61 Å². The number of hydrazone groups is 1. The van der Waals surface area contributed by atoms with Crippen molar-refractivity contribution in [2.45, 2.75) is 13.8 Å². The van der Waals surface area contributed by atoms with Crippen LogP contribution in [0.15, 0.2) is 29.4 Å². The number of benzene rings is 1. The summed E-state index contributed by atoms with van der Waals surface area (Å²) in [6, 6.07) is 7.21. The minimum Gasteiger partial charge on any atom is -0.484 e. The van der Waals surface area contributed by atoms with Crippen molar-refractivity contribution in [1.82, 2.24) is 5.43 Å². The van der Waals surface area contributed by atoms with Crippen molar-refractivity contribution in [3.8, 4) is 5.75 Å². The Balaban J connectivity index is 2.40. The molecular formula is C12H14N2O4. The monoisotopic (exact) mass is 250 g/mol. The first-order valence-corrected chi connectivity index (χ1v) is 5.25. The van der Waals surface area contributed by atoms with Gasteiger partial charge in [-0.15, -0.1) is 0 Å². The lowest BCUT2D eigenvalue weighted by molar-refractivity contribution is -0.129. The minimum atomic E-state index is -1.19. The van der Waals surface area contributed by atoms with E-state index >= 15 is 0 Å². The molecule has 0 bridgehead atoms. The van der Waals surface area contributed by atoms with Crippen LogP contribution in [0.5, 0.6) is 5.75 Å². The first kappa shape index (κ1) is 13.7. The average Bonchev–Trinajstić information content (AvgIpc) is 2.35. The maximum Gasteiger partial charge on any atom is 0.351 e. The molecule has 6 heteroatoms. The second-order valence-corrected chi connectivity index (χ2v) is 3.64. The molecule has 0 fully saturated rings. The Morgan fingerprint density at radius 2 is 1.94 bits per heavy atom. The second kappa shape index (κ2) is 6.39. The summed E-state index contributed by atoms with van der Waals surface area (Å²) in [6.45, 7) is 3.00. The number of aryl methyl sites for hydroxylation is 1. The zero-order valence-electron chi connectivity index (χ0n) is 10.1. The fraction of sp³-hybridized carbons (Fsp3) is 0.250. The zero-order chi connectivity index (χ0) is 13.5. The van der Waals surface area contributed by atoms with Gasteiger partial charge in [0.1, 0.15) is 11.5 Å². The summed E-state index contributed by atoms with van der Waals surface area (Å²) >= 11 is 0. The van der Waals surface area contributed by atoms with Gasteiger partial charge in [-0.2, -0.15) is 5.10 Å². The zero-order valence-corrected chi connectivity index (χ0v) is 10.1. The number of carbonyl (C=O) groups is 2. The Labute approximate surface area is 104 Å². The molecule has 0 atom stereocenters. The fourth-order valence-corrected chi connectivity index (χ4v) is 1.01. The molecule has 0 spiro atoms. The van der Waals surface area contributed by atoms with E-state index in [1.165, 1.54) is 6.92 Å². The van der Waals surface area contributed by atoms with Crippen LogP contribution in [0.1, 0.15) is 12.5 Å². The van der Waals surface area contributed by atoms with Gasteiger partial charge in [0, 0.05) is 0 Å². The standard InChI is InChI=1S/C12H14N2O4/c1-8-3-5-10(6-4-8)18-7-11(15)14-13-9(2)12(16)17/h3-6H,7H2,1-2H3,(H,14,15)(H,16,17). The van der Waals surface area contributed by atoms with E-state index in [1.54, 1.807) is 12.1 Å². The Morgan fingerprint density at radius 1 is 1.33 bits per heavy atom. The lowest BCUT2D eigenvalue weighted by Crippen LogP contribution is -2.26. The van der Waals surface area contributed by atoms with Gasteiger partial charge in [-0.05, 0) is 26.0 Å². The van der Waals surface area contributed by atoms with E-state index in [9.17, 15) is 9.59 Å². The fourth-order valence-electron chi connectivity index (χ4n) is 1.01. The van der Waals surface area contributed by atoms with E-state index in [0.29, 0.717) is 5.75 Å². The van der Waals surface area contributed by atoms with E-state index in [0.717, 1.165) is 5.56 Å². The molecule has 18 heavy (non-hydrogen) atoms. The normalized spacial score (nSPS) is 10.9. The third kappa shape index (κ3) is 4.65. The van der Waals surface area contributed by atoms with Crippen LogP contribution >= 0.6 is 0 Å². The number of carboxylic acids is 1. The van der Waals surface area contributed by atoms with Crippen molar-refractivity contribution in [2.75, 3.05) is 6.61 Å². The van der Waals surface area contributed by atoms with Gasteiger partial charge < -0.3 is 9.84 Å². The van der Waals surface area contributed by atoms with Gasteiger partial charge in [0.2, 0.25) is 0 Å². The van der Waals surface area contributed by atoms with Crippen molar-refractivity contribution in [3.63, 3.8) is 0 Å². The summed E-state index contributed by atoms with van der Waals surface area (Å²) in [5, 5.41) is 11.9. The van der Waals surface area contributed by atoms with E-state index in [1.807, 2.05) is 19.1 Å². The highest BCUT2D eigenvalue weighted by atomic mass is 16.5. The molecule has 1 amide bonds. The van der Waals surface area contributed by atoms with Gasteiger partial charge in [0.05, 0.1) is 0 Å². The molecule has 0 aliphatic rings. The van der Waals surface area contributed by atoms with Gasteiger partial charge in [-0.1, -0.05) is 17.7 Å². The summed E-state index contributed by atoms with van der Waals surface area (Å²) in [5.74, 6) is -1.14. The number of nitrogens with one attached hydrogen (secondary N) is 1. The number of aliphatic carboxylic acids is 1. The molecular weight excluding hydrogens is 236 g/mol. The van der Waals surface area contributed by atoms with Crippen LogP contribution in [0.25, 0.3) is 0 Å². The van der Waals surface area contributed by atoms with Crippen molar-refractivity contribution in [2.24, 2.45) is 5.10 Å².